The van der Waals surface area contributed by atoms with Crippen molar-refractivity contribution in [3.05, 3.63) is 63.7 Å². The monoisotopic (exact) mass is 488 g/mol. The van der Waals surface area contributed by atoms with E-state index in [4.69, 9.17) is 0 Å². The molecule has 0 bridgehead atoms. The highest BCUT2D eigenvalue weighted by Gasteiger charge is 2.25. The average molecular weight is 489 g/mol. The van der Waals surface area contributed by atoms with E-state index >= 15 is 0 Å². The van der Waals surface area contributed by atoms with Gasteiger partial charge in [0.25, 0.3) is 5.56 Å². The minimum absolute atomic E-state index is 0.0439. The van der Waals surface area contributed by atoms with Crippen LogP contribution >= 0.6 is 11.3 Å². The van der Waals surface area contributed by atoms with Gasteiger partial charge in [0.1, 0.15) is 10.6 Å². The number of nitrogens with zero attached hydrogens (tertiary/aromatic N) is 6. The molecule has 4 aromatic rings. The number of fused-ring (bicyclic) bond motifs is 4. The summed E-state index contributed by atoms with van der Waals surface area (Å²) in [7, 11) is 0. The van der Waals surface area contributed by atoms with Crippen LogP contribution in [-0.2, 0) is 24.3 Å². The van der Waals surface area contributed by atoms with Crippen molar-refractivity contribution in [2.75, 3.05) is 44.2 Å². The fraction of sp³-hybridized carbons (Fsp3) is 0.385. The number of thiophene rings is 1. The molecule has 8 nitrogen and oxygen atoms in total. The van der Waals surface area contributed by atoms with Crippen LogP contribution in [0.4, 0.5) is 5.82 Å². The second-order valence-corrected chi connectivity index (χ2v) is 10.4. The van der Waals surface area contributed by atoms with Gasteiger partial charge in [-0.05, 0) is 23.4 Å². The topological polar surface area (TPSA) is 74.6 Å². The molecule has 9 heteroatoms. The minimum atomic E-state index is 0.0439. The van der Waals surface area contributed by atoms with Crippen molar-refractivity contribution in [3.63, 3.8) is 0 Å². The lowest BCUT2D eigenvalue weighted by atomic mass is 10.1. The second kappa shape index (κ2) is 9.05. The summed E-state index contributed by atoms with van der Waals surface area (Å²) in [5, 5.41) is 3.16. The first-order valence-electron chi connectivity index (χ1n) is 12.1. The summed E-state index contributed by atoms with van der Waals surface area (Å²) in [6.07, 6.45) is 4.30. The van der Waals surface area contributed by atoms with Crippen molar-refractivity contribution in [3.8, 4) is 0 Å². The fourth-order valence-electron chi connectivity index (χ4n) is 5.23. The Kier molecular flexibility index (Phi) is 5.74. The summed E-state index contributed by atoms with van der Waals surface area (Å²) >= 11 is 1.55. The lowest BCUT2D eigenvalue weighted by Crippen LogP contribution is -2.47. The first-order valence-corrected chi connectivity index (χ1v) is 13.0. The van der Waals surface area contributed by atoms with Gasteiger partial charge in [-0.3, -0.25) is 19.1 Å². The van der Waals surface area contributed by atoms with Crippen LogP contribution in [0.2, 0.25) is 0 Å². The van der Waals surface area contributed by atoms with Gasteiger partial charge in [-0.15, -0.1) is 11.3 Å². The number of hydrogen-bond donors (Lipinski definition) is 0. The first kappa shape index (κ1) is 22.2. The number of piperazine rings is 1. The van der Waals surface area contributed by atoms with E-state index in [1.54, 1.807) is 29.2 Å². The van der Waals surface area contributed by atoms with E-state index in [9.17, 15) is 9.59 Å². The Morgan fingerprint density at radius 2 is 1.86 bits per heavy atom. The lowest BCUT2D eigenvalue weighted by molar-refractivity contribution is -0.129. The predicted octanol–water partition coefficient (Wildman–Crippen LogP) is 2.73. The van der Waals surface area contributed by atoms with Gasteiger partial charge < -0.3 is 9.80 Å². The standard InChI is InChI=1S/C26H28N6O2S/c1-18(33)31-9-7-21-22(16-31)35-25-23(21)26(34)32(17-28-25)15-12-29-10-13-30(14-11-29)24-20-5-3-2-4-19(20)6-8-27-24/h2-6,8,17H,7,9-16H2,1H3. The van der Waals surface area contributed by atoms with Crippen LogP contribution in [0.25, 0.3) is 21.0 Å². The number of amides is 1. The van der Waals surface area contributed by atoms with Gasteiger partial charge in [0.05, 0.1) is 18.3 Å². The van der Waals surface area contributed by atoms with Gasteiger partial charge in [-0.1, -0.05) is 24.3 Å². The minimum Gasteiger partial charge on any atom is -0.354 e. The van der Waals surface area contributed by atoms with E-state index < -0.39 is 0 Å². The molecule has 1 fully saturated rings. The van der Waals surface area contributed by atoms with Gasteiger partial charge >= 0.3 is 0 Å². The summed E-state index contributed by atoms with van der Waals surface area (Å²) in [6, 6.07) is 10.5. The number of anilines is 1. The van der Waals surface area contributed by atoms with Gasteiger partial charge in [0, 0.05) is 69.2 Å². The zero-order chi connectivity index (χ0) is 23.9. The van der Waals surface area contributed by atoms with Crippen LogP contribution in [-0.4, -0.2) is 69.5 Å². The largest absolute Gasteiger partial charge is 0.354 e. The van der Waals surface area contributed by atoms with E-state index in [0.29, 0.717) is 19.6 Å². The molecule has 0 spiro atoms. The Morgan fingerprint density at radius 1 is 1.03 bits per heavy atom. The molecule has 0 N–H and O–H groups in total. The molecule has 6 rings (SSSR count). The first-order chi connectivity index (χ1) is 17.1. The molecular weight excluding hydrogens is 460 g/mol. The third-order valence-electron chi connectivity index (χ3n) is 7.25. The summed E-state index contributed by atoms with van der Waals surface area (Å²) in [5.41, 5.74) is 1.13. The Bertz CT molecular complexity index is 1460. The summed E-state index contributed by atoms with van der Waals surface area (Å²) in [6.45, 7) is 7.98. The molecule has 5 heterocycles. The maximum absolute atomic E-state index is 13.3. The summed E-state index contributed by atoms with van der Waals surface area (Å²) < 4.78 is 1.76. The zero-order valence-electron chi connectivity index (χ0n) is 19.8. The number of carbonyl (C=O) groups excluding carboxylic acids is 1. The molecule has 3 aromatic heterocycles. The molecule has 0 aliphatic carbocycles. The van der Waals surface area contributed by atoms with E-state index in [1.165, 1.54) is 10.8 Å². The fourth-order valence-corrected chi connectivity index (χ4v) is 6.43. The van der Waals surface area contributed by atoms with Crippen molar-refractivity contribution in [2.45, 2.75) is 26.4 Å². The second-order valence-electron chi connectivity index (χ2n) is 9.30. The Balaban J connectivity index is 1.13. The quantitative estimate of drug-likeness (QED) is 0.440. The molecule has 1 saturated heterocycles. The number of carbonyl (C=O) groups is 1. The van der Waals surface area contributed by atoms with Crippen molar-refractivity contribution >= 4 is 44.1 Å². The molecule has 0 radical (unpaired) electrons. The summed E-state index contributed by atoms with van der Waals surface area (Å²) in [5.74, 6) is 1.13. The average Bonchev–Trinajstić information content (AvgIpc) is 3.27. The molecule has 35 heavy (non-hydrogen) atoms. The number of aromatic nitrogens is 3. The van der Waals surface area contributed by atoms with Gasteiger partial charge in [0.15, 0.2) is 0 Å². The molecule has 2 aliphatic rings. The molecule has 0 unspecified atom stereocenters. The van der Waals surface area contributed by atoms with Crippen molar-refractivity contribution in [1.29, 1.82) is 0 Å². The zero-order valence-corrected chi connectivity index (χ0v) is 20.6. The van der Waals surface area contributed by atoms with Gasteiger partial charge in [-0.25, -0.2) is 9.97 Å². The molecule has 1 aromatic carbocycles. The Morgan fingerprint density at radius 3 is 2.69 bits per heavy atom. The van der Waals surface area contributed by atoms with E-state index in [-0.39, 0.29) is 11.5 Å². The smallest absolute Gasteiger partial charge is 0.262 e. The van der Waals surface area contributed by atoms with Crippen LogP contribution in [0, 0.1) is 0 Å². The third-order valence-corrected chi connectivity index (χ3v) is 8.38. The Labute approximate surface area is 207 Å². The predicted molar refractivity (Wildman–Crippen MR) is 139 cm³/mol. The lowest BCUT2D eigenvalue weighted by Gasteiger charge is -2.35. The molecule has 2 aliphatic heterocycles. The van der Waals surface area contributed by atoms with E-state index in [1.807, 2.05) is 11.1 Å². The number of rotatable bonds is 4. The highest BCUT2D eigenvalue weighted by atomic mass is 32.1. The van der Waals surface area contributed by atoms with E-state index in [2.05, 4.69) is 50.1 Å². The molecule has 0 atom stereocenters. The number of hydrogen-bond acceptors (Lipinski definition) is 7. The molecule has 1 amide bonds. The molecular formula is C26H28N6O2S. The number of benzene rings is 1. The van der Waals surface area contributed by atoms with Crippen LogP contribution in [0.3, 0.4) is 0 Å². The Hall–Kier alpha value is -3.30. The van der Waals surface area contributed by atoms with Crippen molar-refractivity contribution < 1.29 is 4.79 Å². The molecule has 180 valence electrons. The van der Waals surface area contributed by atoms with Crippen molar-refractivity contribution in [2.24, 2.45) is 0 Å². The molecule has 0 saturated carbocycles. The van der Waals surface area contributed by atoms with Crippen molar-refractivity contribution in [1.82, 2.24) is 24.3 Å². The van der Waals surface area contributed by atoms with Crippen LogP contribution in [0.5, 0.6) is 0 Å². The highest BCUT2D eigenvalue weighted by Crippen LogP contribution is 2.32. The van der Waals surface area contributed by atoms with Crippen LogP contribution in [0.15, 0.2) is 47.7 Å². The normalized spacial score (nSPS) is 16.7. The maximum atomic E-state index is 13.3. The van der Waals surface area contributed by atoms with Gasteiger partial charge in [0.2, 0.25) is 5.91 Å². The maximum Gasteiger partial charge on any atom is 0.262 e. The van der Waals surface area contributed by atoms with Crippen LogP contribution < -0.4 is 10.5 Å². The highest BCUT2D eigenvalue weighted by molar-refractivity contribution is 7.18. The van der Waals surface area contributed by atoms with Gasteiger partial charge in [-0.2, -0.15) is 0 Å². The van der Waals surface area contributed by atoms with E-state index in [0.717, 1.165) is 65.6 Å². The van der Waals surface area contributed by atoms with Crippen LogP contribution in [0.1, 0.15) is 17.4 Å². The third kappa shape index (κ3) is 4.08. The number of pyridine rings is 1. The SMILES string of the molecule is CC(=O)N1CCc2c(sc3ncn(CCN4CCN(c5nccc6ccccc56)CC4)c(=O)c23)C1. The summed E-state index contributed by atoms with van der Waals surface area (Å²) in [4.78, 5) is 42.9.